The summed E-state index contributed by atoms with van der Waals surface area (Å²) in [5, 5.41) is 10.3. The van der Waals surface area contributed by atoms with Crippen molar-refractivity contribution in [3.63, 3.8) is 0 Å². The van der Waals surface area contributed by atoms with E-state index in [4.69, 9.17) is 28.6 Å². The Labute approximate surface area is 196 Å². The van der Waals surface area contributed by atoms with Crippen molar-refractivity contribution in [2.75, 3.05) is 0 Å². The average molecular weight is 476 g/mol. The van der Waals surface area contributed by atoms with Gasteiger partial charge in [0.2, 0.25) is 0 Å². The predicted molar refractivity (Wildman–Crippen MR) is 128 cm³/mol. The smallest absolute Gasteiger partial charge is 0.326 e. The van der Waals surface area contributed by atoms with Crippen LogP contribution in [0, 0.1) is 5.92 Å². The molecule has 162 valence electrons. The minimum Gasteiger partial charge on any atom is -0.488 e. The number of carbonyl (C=O) groups excluding carboxylic acids is 1. The highest BCUT2D eigenvalue weighted by molar-refractivity contribution is 8.26. The van der Waals surface area contributed by atoms with Crippen LogP contribution in [0.25, 0.3) is 6.08 Å². The number of benzene rings is 2. The third-order valence-corrected chi connectivity index (χ3v) is 6.21. The van der Waals surface area contributed by atoms with Crippen LogP contribution in [0.5, 0.6) is 5.75 Å². The normalized spacial score (nSPS) is 16.3. The SMILES string of the molecule is CC(C)CC(C(=O)O)N1C(=O)/C(=C/c2ccccc2OCc2ccc(Cl)cc2)SC1=S. The van der Waals surface area contributed by atoms with Crippen LogP contribution in [-0.2, 0) is 16.2 Å². The topological polar surface area (TPSA) is 66.8 Å². The summed E-state index contributed by atoms with van der Waals surface area (Å²) < 4.78 is 6.21. The zero-order valence-electron chi connectivity index (χ0n) is 17.1. The largest absolute Gasteiger partial charge is 0.488 e. The lowest BCUT2D eigenvalue weighted by Gasteiger charge is -2.24. The van der Waals surface area contributed by atoms with E-state index in [2.05, 4.69) is 0 Å². The number of aliphatic carboxylic acids is 1. The summed E-state index contributed by atoms with van der Waals surface area (Å²) in [6.45, 7) is 4.17. The fraction of sp³-hybridized carbons (Fsp3) is 0.261. The molecular formula is C23H22ClNO4S2. The van der Waals surface area contributed by atoms with Crippen LogP contribution < -0.4 is 4.74 Å². The van der Waals surface area contributed by atoms with Crippen molar-refractivity contribution >= 4 is 57.9 Å². The summed E-state index contributed by atoms with van der Waals surface area (Å²) >= 11 is 12.4. The maximum absolute atomic E-state index is 13.0. The summed E-state index contributed by atoms with van der Waals surface area (Å²) in [5.41, 5.74) is 1.68. The van der Waals surface area contributed by atoms with Crippen LogP contribution >= 0.6 is 35.6 Å². The molecule has 0 radical (unpaired) electrons. The number of halogens is 1. The third kappa shape index (κ3) is 5.87. The number of ether oxygens (including phenoxy) is 1. The van der Waals surface area contributed by atoms with Gasteiger partial charge in [-0.1, -0.05) is 79.8 Å². The van der Waals surface area contributed by atoms with E-state index >= 15 is 0 Å². The number of para-hydroxylation sites is 1. The first kappa shape index (κ1) is 23.3. The molecule has 1 fully saturated rings. The Bertz CT molecular complexity index is 1020. The molecule has 0 aliphatic carbocycles. The van der Waals surface area contributed by atoms with E-state index in [0.717, 1.165) is 17.3 Å². The Hall–Kier alpha value is -2.35. The molecule has 1 aliphatic heterocycles. The van der Waals surface area contributed by atoms with E-state index < -0.39 is 17.9 Å². The molecule has 1 amide bonds. The molecule has 0 bridgehead atoms. The number of hydrogen-bond donors (Lipinski definition) is 1. The molecule has 1 heterocycles. The lowest BCUT2D eigenvalue weighted by molar-refractivity contribution is -0.145. The van der Waals surface area contributed by atoms with Crippen molar-refractivity contribution < 1.29 is 19.4 Å². The number of carboxylic acid groups (broad SMARTS) is 1. The van der Waals surface area contributed by atoms with Crippen molar-refractivity contribution in [3.05, 3.63) is 69.6 Å². The predicted octanol–water partition coefficient (Wildman–Crippen LogP) is 5.62. The molecule has 8 heteroatoms. The molecule has 1 aliphatic rings. The Morgan fingerprint density at radius 1 is 1.23 bits per heavy atom. The van der Waals surface area contributed by atoms with Gasteiger partial charge in [-0.05, 0) is 42.2 Å². The summed E-state index contributed by atoms with van der Waals surface area (Å²) in [6, 6.07) is 13.8. The molecule has 2 aromatic carbocycles. The molecular weight excluding hydrogens is 454 g/mol. The highest BCUT2D eigenvalue weighted by Gasteiger charge is 2.40. The van der Waals surface area contributed by atoms with E-state index in [1.807, 2.05) is 50.2 Å². The molecule has 1 saturated heterocycles. The zero-order valence-corrected chi connectivity index (χ0v) is 19.5. The number of thiocarbonyl (C=S) groups is 1. The summed E-state index contributed by atoms with van der Waals surface area (Å²) in [5.74, 6) is -0.732. The number of rotatable bonds is 8. The molecule has 0 saturated carbocycles. The van der Waals surface area contributed by atoms with Crippen LogP contribution in [0.1, 0.15) is 31.4 Å². The highest BCUT2D eigenvalue weighted by Crippen LogP contribution is 2.36. The molecule has 1 atom stereocenters. The second-order valence-electron chi connectivity index (χ2n) is 7.49. The van der Waals surface area contributed by atoms with Crippen LogP contribution in [0.4, 0.5) is 0 Å². The molecule has 1 N–H and O–H groups in total. The number of thioether (sulfide) groups is 1. The maximum atomic E-state index is 13.0. The van der Waals surface area contributed by atoms with Crippen LogP contribution in [-0.4, -0.2) is 32.2 Å². The van der Waals surface area contributed by atoms with E-state index in [0.29, 0.717) is 34.3 Å². The first-order valence-corrected chi connectivity index (χ1v) is 11.3. The quantitative estimate of drug-likeness (QED) is 0.395. The summed E-state index contributed by atoms with van der Waals surface area (Å²) in [6.07, 6.45) is 2.03. The van der Waals surface area contributed by atoms with E-state index in [9.17, 15) is 14.7 Å². The van der Waals surface area contributed by atoms with Crippen molar-refractivity contribution in [3.8, 4) is 5.75 Å². The van der Waals surface area contributed by atoms with Gasteiger partial charge in [0.15, 0.2) is 0 Å². The van der Waals surface area contributed by atoms with Crippen LogP contribution in [0.2, 0.25) is 5.02 Å². The lowest BCUT2D eigenvalue weighted by atomic mass is 10.0. The van der Waals surface area contributed by atoms with Gasteiger partial charge in [-0.2, -0.15) is 0 Å². The third-order valence-electron chi connectivity index (χ3n) is 4.63. The molecule has 5 nitrogen and oxygen atoms in total. The molecule has 0 spiro atoms. The number of amides is 1. The molecule has 1 unspecified atom stereocenters. The summed E-state index contributed by atoms with van der Waals surface area (Å²) in [7, 11) is 0. The highest BCUT2D eigenvalue weighted by atomic mass is 35.5. The maximum Gasteiger partial charge on any atom is 0.326 e. The van der Waals surface area contributed by atoms with Crippen molar-refractivity contribution in [2.45, 2.75) is 32.9 Å². The van der Waals surface area contributed by atoms with Gasteiger partial charge >= 0.3 is 5.97 Å². The fourth-order valence-corrected chi connectivity index (χ4v) is 4.60. The number of hydrogen-bond acceptors (Lipinski definition) is 5. The van der Waals surface area contributed by atoms with Gasteiger partial charge in [-0.3, -0.25) is 9.69 Å². The number of carboxylic acids is 1. The second-order valence-corrected chi connectivity index (χ2v) is 9.60. The van der Waals surface area contributed by atoms with E-state index in [1.165, 1.54) is 4.90 Å². The summed E-state index contributed by atoms with van der Waals surface area (Å²) in [4.78, 5) is 26.4. The standard InChI is InChI=1S/C23H22ClNO4S2/c1-14(2)11-18(22(27)28)25-21(26)20(31-23(25)30)12-16-5-3-4-6-19(16)29-13-15-7-9-17(24)10-8-15/h3-10,12,14,18H,11,13H2,1-2H3,(H,27,28)/b20-12-. The van der Waals surface area contributed by atoms with Gasteiger partial charge < -0.3 is 9.84 Å². The van der Waals surface area contributed by atoms with Gasteiger partial charge in [0.1, 0.15) is 22.7 Å². The Morgan fingerprint density at radius 3 is 2.55 bits per heavy atom. The van der Waals surface area contributed by atoms with Gasteiger partial charge in [-0.25, -0.2) is 4.79 Å². The fourth-order valence-electron chi connectivity index (χ4n) is 3.13. The Kier molecular flexibility index (Phi) is 7.75. The minimum atomic E-state index is -1.06. The number of nitrogens with zero attached hydrogens (tertiary/aromatic N) is 1. The monoisotopic (exact) mass is 475 g/mol. The van der Waals surface area contributed by atoms with Gasteiger partial charge in [0, 0.05) is 10.6 Å². The molecule has 3 rings (SSSR count). The first-order valence-electron chi connectivity index (χ1n) is 9.72. The van der Waals surface area contributed by atoms with Gasteiger partial charge in [0.25, 0.3) is 5.91 Å². The van der Waals surface area contributed by atoms with Gasteiger partial charge in [-0.15, -0.1) is 0 Å². The zero-order chi connectivity index (χ0) is 22.5. The first-order chi connectivity index (χ1) is 14.8. The van der Waals surface area contributed by atoms with Crippen LogP contribution in [0.3, 0.4) is 0 Å². The Morgan fingerprint density at radius 2 is 1.90 bits per heavy atom. The average Bonchev–Trinajstić information content (AvgIpc) is 2.99. The van der Waals surface area contributed by atoms with Gasteiger partial charge in [0.05, 0.1) is 4.91 Å². The lowest BCUT2D eigenvalue weighted by Crippen LogP contribution is -2.44. The molecule has 31 heavy (non-hydrogen) atoms. The van der Waals surface area contributed by atoms with Crippen molar-refractivity contribution in [1.29, 1.82) is 0 Å². The minimum absolute atomic E-state index is 0.108. The van der Waals surface area contributed by atoms with Crippen LogP contribution in [0.15, 0.2) is 53.4 Å². The second kappa shape index (κ2) is 10.3. The van der Waals surface area contributed by atoms with Crippen molar-refractivity contribution in [2.24, 2.45) is 5.92 Å². The van der Waals surface area contributed by atoms with E-state index in [1.54, 1.807) is 18.2 Å². The molecule has 2 aromatic rings. The number of carbonyl (C=O) groups is 2. The molecule has 0 aromatic heterocycles. The van der Waals surface area contributed by atoms with Crippen molar-refractivity contribution in [1.82, 2.24) is 4.90 Å². The Balaban J connectivity index is 1.82. The van der Waals surface area contributed by atoms with E-state index in [-0.39, 0.29) is 10.2 Å².